The second kappa shape index (κ2) is 8.33. The molecule has 12 heteroatoms. The summed E-state index contributed by atoms with van der Waals surface area (Å²) >= 11 is 5.09. The number of halogens is 2. The number of carbonyl (C=O) groups excluding carboxylic acids is 1. The first-order valence-corrected chi connectivity index (χ1v) is 13.3. The van der Waals surface area contributed by atoms with Crippen LogP contribution in [0.4, 0.5) is 8.78 Å². The summed E-state index contributed by atoms with van der Waals surface area (Å²) < 4.78 is 31.8. The predicted molar refractivity (Wildman–Crippen MR) is 142 cm³/mol. The second-order valence-electron chi connectivity index (χ2n) is 10.8. The quantitative estimate of drug-likeness (QED) is 0.562. The fraction of sp³-hybridized carbons (Fsp3) is 0.407. The Morgan fingerprint density at radius 3 is 2.62 bits per heavy atom. The number of hydrogen-bond acceptors (Lipinski definition) is 9. The Morgan fingerprint density at radius 1 is 1.21 bits per heavy atom. The second-order valence-corrected chi connectivity index (χ2v) is 11.6. The summed E-state index contributed by atoms with van der Waals surface area (Å²) in [6.45, 7) is -3.02. The van der Waals surface area contributed by atoms with Gasteiger partial charge in [0.25, 0.3) is 5.91 Å². The van der Waals surface area contributed by atoms with Gasteiger partial charge in [-0.05, 0) is 43.9 Å². The van der Waals surface area contributed by atoms with Crippen LogP contribution in [0, 0.1) is 0 Å². The number of allylic oxidation sites excluding steroid dienone is 1. The number of alkyl halides is 2. The topological polar surface area (TPSA) is 100 Å². The van der Waals surface area contributed by atoms with Crippen molar-refractivity contribution in [3.8, 4) is 5.75 Å². The van der Waals surface area contributed by atoms with E-state index in [2.05, 4.69) is 9.97 Å². The number of rotatable bonds is 4. The van der Waals surface area contributed by atoms with Gasteiger partial charge in [-0.1, -0.05) is 6.07 Å². The maximum absolute atomic E-state index is 13.6. The van der Waals surface area contributed by atoms with E-state index in [-0.39, 0.29) is 17.7 Å². The highest BCUT2D eigenvalue weighted by Gasteiger charge is 2.62. The summed E-state index contributed by atoms with van der Waals surface area (Å²) in [4.78, 5) is 28.4. The van der Waals surface area contributed by atoms with Crippen LogP contribution in [-0.2, 0) is 5.54 Å². The first kappa shape index (κ1) is 24.7. The minimum atomic E-state index is -3.02. The molecule has 1 aromatic carbocycles. The molecule has 2 aromatic rings. The smallest absolute Gasteiger partial charge is 0.387 e. The van der Waals surface area contributed by atoms with Crippen LogP contribution in [0.3, 0.4) is 0 Å². The molecule has 0 radical (unpaired) electrons. The highest BCUT2D eigenvalue weighted by Crippen LogP contribution is 2.60. The van der Waals surface area contributed by atoms with Crippen LogP contribution in [0.2, 0.25) is 0 Å². The van der Waals surface area contributed by atoms with E-state index in [4.69, 9.17) is 28.1 Å². The number of fused-ring (bicyclic) bond motifs is 8. The number of hydrazine groups is 1. The number of ether oxygens (including phenoxy) is 1. The fourth-order valence-corrected chi connectivity index (χ4v) is 7.19. The van der Waals surface area contributed by atoms with Crippen molar-refractivity contribution in [2.45, 2.75) is 54.7 Å². The number of carbonyl (C=O) groups is 1. The molecule has 202 valence electrons. The Balaban J connectivity index is 1.37. The van der Waals surface area contributed by atoms with Crippen LogP contribution in [0.1, 0.15) is 58.9 Å². The van der Waals surface area contributed by atoms with Gasteiger partial charge in [0.05, 0.1) is 17.3 Å². The Morgan fingerprint density at radius 2 is 1.95 bits per heavy atom. The summed E-state index contributed by atoms with van der Waals surface area (Å²) in [5, 5.41) is 3.91. The number of nitrogens with two attached hydrogens (primary N) is 1. The van der Waals surface area contributed by atoms with Crippen molar-refractivity contribution in [1.29, 1.82) is 0 Å². The molecule has 1 unspecified atom stereocenters. The number of benzene rings is 1. The van der Waals surface area contributed by atoms with E-state index < -0.39 is 22.9 Å². The van der Waals surface area contributed by atoms with Crippen molar-refractivity contribution in [3.05, 3.63) is 76.8 Å². The molecule has 0 saturated heterocycles. The zero-order valence-corrected chi connectivity index (χ0v) is 22.3. The number of amides is 1. The van der Waals surface area contributed by atoms with E-state index in [1.165, 1.54) is 6.07 Å². The minimum absolute atomic E-state index is 0.00654. The number of likely N-dealkylation sites (N-methyl/N-ethyl adjacent to an activating group) is 2. The average molecular weight is 552 g/mol. The van der Waals surface area contributed by atoms with Gasteiger partial charge in [-0.2, -0.15) is 8.78 Å². The van der Waals surface area contributed by atoms with Gasteiger partial charge in [0.1, 0.15) is 22.3 Å². The molecule has 9 nitrogen and oxygen atoms in total. The number of aromatic nitrogens is 2. The highest BCUT2D eigenvalue weighted by atomic mass is 32.1. The largest absolute Gasteiger partial charge is 0.434 e. The molecule has 2 N–H and O–H groups in total. The molecule has 3 aliphatic heterocycles. The SMILES string of the molecule is CN1C2C(=C3N=C(c4cnc(C5(N)CCC5)nc4)C=CN31)[C@H]1C[C@]2(S)N(C)C(=O)c2cccc(OC(F)F)c21. The third-order valence-electron chi connectivity index (χ3n) is 8.79. The molecular formula is C27H27F2N7O2S. The van der Waals surface area contributed by atoms with E-state index in [1.807, 2.05) is 29.3 Å². The van der Waals surface area contributed by atoms with Gasteiger partial charge in [0, 0.05) is 60.9 Å². The van der Waals surface area contributed by atoms with Crippen LogP contribution in [0.5, 0.6) is 5.75 Å². The molecule has 3 atom stereocenters. The van der Waals surface area contributed by atoms with Crippen molar-refractivity contribution in [1.82, 2.24) is 24.9 Å². The summed E-state index contributed by atoms with van der Waals surface area (Å²) in [6, 6.07) is 4.36. The zero-order valence-electron chi connectivity index (χ0n) is 21.4. The summed E-state index contributed by atoms with van der Waals surface area (Å²) in [5.74, 6) is 0.592. The molecule has 1 aromatic heterocycles. The molecule has 7 rings (SSSR count). The molecule has 2 bridgehead atoms. The Kier molecular flexibility index (Phi) is 5.27. The van der Waals surface area contributed by atoms with Gasteiger partial charge in [-0.3, -0.25) is 9.80 Å². The van der Waals surface area contributed by atoms with Crippen LogP contribution in [0.15, 0.2) is 59.3 Å². The molecule has 2 saturated carbocycles. The van der Waals surface area contributed by atoms with Crippen molar-refractivity contribution < 1.29 is 18.3 Å². The highest BCUT2D eigenvalue weighted by molar-refractivity contribution is 7.81. The van der Waals surface area contributed by atoms with E-state index in [1.54, 1.807) is 36.5 Å². The molecule has 0 spiro atoms. The lowest BCUT2D eigenvalue weighted by molar-refractivity contribution is -0.0506. The molecule has 39 heavy (non-hydrogen) atoms. The number of nitrogens with zero attached hydrogens (tertiary/aromatic N) is 6. The normalized spacial score (nSPS) is 28.7. The lowest BCUT2D eigenvalue weighted by Crippen LogP contribution is -2.56. The first-order chi connectivity index (χ1) is 18.6. The molecule has 2 aliphatic carbocycles. The summed E-state index contributed by atoms with van der Waals surface area (Å²) in [5.41, 5.74) is 9.01. The van der Waals surface area contributed by atoms with Crippen LogP contribution >= 0.6 is 12.6 Å². The first-order valence-electron chi connectivity index (χ1n) is 12.9. The van der Waals surface area contributed by atoms with E-state index in [9.17, 15) is 13.6 Å². The van der Waals surface area contributed by atoms with Crippen molar-refractivity contribution in [2.75, 3.05) is 14.1 Å². The van der Waals surface area contributed by atoms with Gasteiger partial charge in [0.2, 0.25) is 0 Å². The third kappa shape index (κ3) is 3.37. The number of hydrogen-bond donors (Lipinski definition) is 2. The Hall–Kier alpha value is -3.35. The maximum atomic E-state index is 13.6. The molecule has 5 aliphatic rings. The average Bonchev–Trinajstić information content (AvgIpc) is 3.36. The number of aliphatic imine (C=N–C) groups is 1. The Bertz CT molecular complexity index is 1490. The molecule has 4 heterocycles. The van der Waals surface area contributed by atoms with Crippen LogP contribution in [-0.4, -0.2) is 68.1 Å². The van der Waals surface area contributed by atoms with Crippen molar-refractivity contribution in [2.24, 2.45) is 10.7 Å². The Labute approximate surface area is 229 Å². The maximum Gasteiger partial charge on any atom is 0.387 e. The third-order valence-corrected chi connectivity index (χ3v) is 9.51. The lowest BCUT2D eigenvalue weighted by atomic mass is 9.77. The summed E-state index contributed by atoms with van der Waals surface area (Å²) in [6.07, 6.45) is 10.5. The van der Waals surface area contributed by atoms with Gasteiger partial charge >= 0.3 is 6.61 Å². The molecule has 2 fully saturated rings. The minimum Gasteiger partial charge on any atom is -0.434 e. The lowest BCUT2D eigenvalue weighted by Gasteiger charge is -2.42. The van der Waals surface area contributed by atoms with Crippen molar-refractivity contribution >= 4 is 24.2 Å². The number of thiol groups is 1. The predicted octanol–water partition coefficient (Wildman–Crippen LogP) is 3.37. The molecular weight excluding hydrogens is 524 g/mol. The zero-order chi connectivity index (χ0) is 27.3. The van der Waals surface area contributed by atoms with Crippen LogP contribution < -0.4 is 10.5 Å². The van der Waals surface area contributed by atoms with Gasteiger partial charge in [-0.25, -0.2) is 20.0 Å². The van der Waals surface area contributed by atoms with Gasteiger partial charge < -0.3 is 15.4 Å². The van der Waals surface area contributed by atoms with E-state index in [0.717, 1.165) is 30.4 Å². The monoisotopic (exact) mass is 551 g/mol. The van der Waals surface area contributed by atoms with Gasteiger partial charge in [0.15, 0.2) is 0 Å². The molecule has 1 amide bonds. The van der Waals surface area contributed by atoms with Crippen LogP contribution in [0.25, 0.3) is 0 Å². The van der Waals surface area contributed by atoms with E-state index >= 15 is 0 Å². The van der Waals surface area contributed by atoms with Crippen molar-refractivity contribution in [3.63, 3.8) is 0 Å². The fourth-order valence-electron chi connectivity index (χ4n) is 6.61. The van der Waals surface area contributed by atoms with Gasteiger partial charge in [-0.15, -0.1) is 12.6 Å². The summed E-state index contributed by atoms with van der Waals surface area (Å²) in [7, 11) is 3.62. The standard InChI is InChI=1S/C27H27F2N7O2S/c1-34-23(37)15-5-3-6-18(38-25(28)29)19(15)16-11-27(34,39)21-20(16)22-33-17(7-10-36(22)35(21)2)14-12-31-24(32-13-14)26(30)8-4-9-26/h3,5-7,10,12-13,16,21,25,39H,4,8-9,11,30H2,1-2H3/t16-,21?,27+/m0/s1. The van der Waals surface area contributed by atoms with E-state index in [0.29, 0.717) is 34.9 Å².